The number of nitrogens with one attached hydrogen (secondary N) is 4. The summed E-state index contributed by atoms with van der Waals surface area (Å²) >= 11 is 0. The average molecular weight is 986 g/mol. The van der Waals surface area contributed by atoms with Crippen molar-refractivity contribution in [3.8, 4) is 33.6 Å². The maximum absolute atomic E-state index is 13.5. The first-order valence-corrected chi connectivity index (χ1v) is 19.2. The molecule has 3 saturated heterocycles. The lowest BCUT2D eigenvalue weighted by atomic mass is 9.98. The van der Waals surface area contributed by atoms with E-state index in [0.717, 1.165) is 84.3 Å². The van der Waals surface area contributed by atoms with Crippen molar-refractivity contribution in [1.29, 1.82) is 0 Å². The van der Waals surface area contributed by atoms with Crippen molar-refractivity contribution in [1.82, 2.24) is 46.5 Å². The monoisotopic (exact) mass is 985 g/mol. The number of ether oxygens (including phenoxy) is 2. The number of nitrogens with zero attached hydrogens (tertiary/aromatic N) is 4. The molecule has 5 heterocycles. The molecule has 0 spiro atoms. The van der Waals surface area contributed by atoms with E-state index in [1.165, 1.54) is 14.2 Å². The molecule has 0 bridgehead atoms. The standard InChI is InChI=1S/C39H46N8O6.C2H4O2.CH4.H3N.5H2S/c1-22(2)33(45-39(51)53-4)37(49)46-19-5-6-31(46)34-40-20-29(42-34)25-11-7-23(8-12-25)24-9-13-26(14-10-24)30-21-41-35(43-30)32-18-16-27-15-17-28(36(48)47(27)32)44-38(50)52-3;1-2(3)4;;;;;;;/h7-14,20-22,27-28,31-33H,5-6,15-19H2,1-4H3,(H,40,42)(H,41,43)(H,44,50)(H,45,51);1H3,(H,3,4);1H4;1H3;5*1H2/t27-,28+,31+,32+,33+;;;;;;;;/m1......../s1. The smallest absolute Gasteiger partial charge is 0.407 e. The zero-order chi connectivity index (χ0) is 40.8. The van der Waals surface area contributed by atoms with Gasteiger partial charge in [-0.2, -0.15) is 67.5 Å². The highest BCUT2D eigenvalue weighted by molar-refractivity contribution is 7.60. The van der Waals surface area contributed by atoms with E-state index in [1.807, 2.05) is 24.9 Å². The summed E-state index contributed by atoms with van der Waals surface area (Å²) in [5.74, 6) is 0.310. The second-order valence-electron chi connectivity index (χ2n) is 14.8. The number of aromatic nitrogens is 4. The average Bonchev–Trinajstić information content (AvgIpc) is 4.04. The van der Waals surface area contributed by atoms with Gasteiger partial charge in [-0.15, -0.1) is 0 Å². The minimum Gasteiger partial charge on any atom is -0.481 e. The number of hydrogen-bond acceptors (Lipinski definition) is 10. The Bertz CT molecular complexity index is 2080. The highest BCUT2D eigenvalue weighted by atomic mass is 32.1. The van der Waals surface area contributed by atoms with Gasteiger partial charge in [-0.25, -0.2) is 19.6 Å². The number of carboxylic acids is 1. The first-order valence-electron chi connectivity index (χ1n) is 19.2. The molecule has 0 radical (unpaired) electrons. The Morgan fingerprint density at radius 3 is 1.66 bits per heavy atom. The molecule has 22 heteroatoms. The van der Waals surface area contributed by atoms with Gasteiger partial charge in [-0.3, -0.25) is 14.4 Å². The van der Waals surface area contributed by atoms with Crippen LogP contribution in [0.1, 0.15) is 90.5 Å². The third-order valence-corrected chi connectivity index (χ3v) is 10.8. The van der Waals surface area contributed by atoms with Gasteiger partial charge in [0.25, 0.3) is 5.97 Å². The molecule has 17 nitrogen and oxygen atoms in total. The number of aromatic amines is 2. The number of alkyl carbamates (subject to hydrolysis) is 2. The molecule has 2 aromatic carbocycles. The lowest BCUT2D eigenvalue weighted by Crippen LogP contribution is -2.54. The number of H-pyrrole nitrogens is 2. The number of carbonyl (C=O) groups excluding carboxylic acids is 4. The summed E-state index contributed by atoms with van der Waals surface area (Å²) in [5.41, 5.74) is 5.82. The second kappa shape index (κ2) is 27.8. The quantitative estimate of drug-likeness (QED) is 0.0980. The van der Waals surface area contributed by atoms with E-state index < -0.39 is 30.2 Å². The fourth-order valence-electron chi connectivity index (χ4n) is 7.95. The number of piperidine rings is 1. The van der Waals surface area contributed by atoms with Gasteiger partial charge in [0.2, 0.25) is 11.8 Å². The number of rotatable bonds is 9. The molecule has 5 atom stereocenters. The molecule has 8 N–H and O–H groups in total. The van der Waals surface area contributed by atoms with Gasteiger partial charge >= 0.3 is 12.2 Å². The van der Waals surface area contributed by atoms with E-state index in [9.17, 15) is 19.2 Å². The maximum atomic E-state index is 13.5. The van der Waals surface area contributed by atoms with Crippen LogP contribution in [0.2, 0.25) is 0 Å². The zero-order valence-corrected chi connectivity index (χ0v) is 41.0. The van der Waals surface area contributed by atoms with Gasteiger partial charge in [0, 0.05) is 19.5 Å². The first-order chi connectivity index (χ1) is 27.4. The number of aliphatic carboxylic acids is 1. The summed E-state index contributed by atoms with van der Waals surface area (Å²) in [6.07, 6.45) is 7.18. The van der Waals surface area contributed by atoms with Crippen LogP contribution in [0.4, 0.5) is 9.59 Å². The first kappa shape index (κ1) is 61.6. The van der Waals surface area contributed by atoms with E-state index in [0.29, 0.717) is 13.0 Å². The molecular weight excluding hydrogens is 919 g/mol. The molecule has 3 fully saturated rings. The molecule has 0 saturated carbocycles. The largest absolute Gasteiger partial charge is 0.481 e. The molecule has 4 aromatic rings. The summed E-state index contributed by atoms with van der Waals surface area (Å²) < 4.78 is 9.47. The third-order valence-electron chi connectivity index (χ3n) is 10.8. The number of amides is 4. The van der Waals surface area contributed by atoms with Crippen LogP contribution in [0.25, 0.3) is 33.6 Å². The van der Waals surface area contributed by atoms with Crippen molar-refractivity contribution in [2.24, 2.45) is 5.92 Å². The Labute approximate surface area is 410 Å². The maximum Gasteiger partial charge on any atom is 0.407 e. The van der Waals surface area contributed by atoms with E-state index in [2.05, 4.69) is 79.1 Å². The number of imidazole rings is 2. The Balaban J connectivity index is 0. The molecule has 7 rings (SSSR count). The van der Waals surface area contributed by atoms with Crippen LogP contribution in [0, 0.1) is 5.92 Å². The summed E-state index contributed by atoms with van der Waals surface area (Å²) in [7, 11) is 2.59. The molecule has 0 unspecified atom stereocenters. The molecule has 64 heavy (non-hydrogen) atoms. The molecule has 3 aliphatic rings. The summed E-state index contributed by atoms with van der Waals surface area (Å²) in [6, 6.07) is 15.0. The van der Waals surface area contributed by atoms with E-state index in [1.54, 1.807) is 11.1 Å². The predicted molar refractivity (Wildman–Crippen MR) is 273 cm³/mol. The third kappa shape index (κ3) is 14.3. The fraction of sp³-hybridized carbons (Fsp3) is 0.452. The summed E-state index contributed by atoms with van der Waals surface area (Å²) in [5, 5.41) is 12.8. The van der Waals surface area contributed by atoms with Crippen molar-refractivity contribution in [2.45, 2.75) is 96.9 Å². The Kier molecular flexibility index (Phi) is 26.7. The van der Waals surface area contributed by atoms with Crippen LogP contribution in [0.3, 0.4) is 0 Å². The summed E-state index contributed by atoms with van der Waals surface area (Å²) in [6.45, 7) is 5.48. The van der Waals surface area contributed by atoms with Crippen molar-refractivity contribution in [2.75, 3.05) is 20.8 Å². The fourth-order valence-corrected chi connectivity index (χ4v) is 7.95. The predicted octanol–water partition coefficient (Wildman–Crippen LogP) is 7.18. The van der Waals surface area contributed by atoms with E-state index in [-0.39, 0.29) is 117 Å². The number of likely N-dealkylation sites (tertiary alicyclic amines) is 1. The van der Waals surface area contributed by atoms with Gasteiger partial charge in [-0.1, -0.05) is 69.8 Å². The van der Waals surface area contributed by atoms with Gasteiger partial charge in [0.15, 0.2) is 0 Å². The number of fused-ring (bicyclic) bond motifs is 1. The normalized spacial score (nSPS) is 18.4. The van der Waals surface area contributed by atoms with Gasteiger partial charge < -0.3 is 51.1 Å². The number of carbonyl (C=O) groups is 5. The number of hydrogen-bond donors (Lipinski definition) is 6. The van der Waals surface area contributed by atoms with Crippen molar-refractivity contribution >= 4 is 97.4 Å². The summed E-state index contributed by atoms with van der Waals surface area (Å²) in [4.78, 5) is 79.5. The van der Waals surface area contributed by atoms with Crippen molar-refractivity contribution in [3.05, 3.63) is 72.6 Å². The number of benzene rings is 2. The minimum absolute atomic E-state index is 0. The Morgan fingerprint density at radius 1 is 0.734 bits per heavy atom. The lowest BCUT2D eigenvalue weighted by Gasteiger charge is -2.37. The SMILES string of the molecule is C.CC(=O)O.COC(=O)N[C@H]1CC[C@@H]2CC[C@@H](c3ncc(-c4ccc(-c5ccc(-c6cnc([C@@H]7CCCN7C(=O)[C@@H](NC(=O)OC)C(C)C)[nH]6)cc5)cc4)[nH]3)N2C1=O.N.S.S.S.S.S. The molecule has 4 amide bonds. The van der Waals surface area contributed by atoms with Gasteiger partial charge in [0.05, 0.1) is 50.1 Å². The van der Waals surface area contributed by atoms with Crippen molar-refractivity contribution < 1.29 is 38.6 Å². The van der Waals surface area contributed by atoms with Crippen molar-refractivity contribution in [3.63, 3.8) is 0 Å². The minimum atomic E-state index is -0.833. The van der Waals surface area contributed by atoms with Crippen LogP contribution >= 0.6 is 67.5 Å². The van der Waals surface area contributed by atoms with Crippen LogP contribution in [0.5, 0.6) is 0 Å². The second-order valence-corrected chi connectivity index (χ2v) is 14.8. The molecule has 358 valence electrons. The van der Waals surface area contributed by atoms with Crippen LogP contribution in [0.15, 0.2) is 60.9 Å². The molecule has 0 aliphatic carbocycles. The highest BCUT2D eigenvalue weighted by Crippen LogP contribution is 2.41. The van der Waals surface area contributed by atoms with Crippen LogP contribution in [-0.2, 0) is 23.9 Å². The highest BCUT2D eigenvalue weighted by Gasteiger charge is 2.45. The molecular formula is C42H67N9O8S5. The molecule has 2 aromatic heterocycles. The van der Waals surface area contributed by atoms with Crippen LogP contribution < -0.4 is 16.8 Å². The van der Waals surface area contributed by atoms with Crippen LogP contribution in [-0.4, -0.2) is 104 Å². The van der Waals surface area contributed by atoms with E-state index >= 15 is 0 Å². The zero-order valence-electron chi connectivity index (χ0n) is 36.0. The van der Waals surface area contributed by atoms with Gasteiger partial charge in [0.1, 0.15) is 23.7 Å². The number of methoxy groups -OCH3 is 2. The molecule has 3 aliphatic heterocycles. The topological polar surface area (TPSA) is 247 Å². The van der Waals surface area contributed by atoms with E-state index in [4.69, 9.17) is 19.4 Å². The Hall–Kier alpha value is -4.48. The van der Waals surface area contributed by atoms with Gasteiger partial charge in [-0.05, 0) is 66.7 Å². The number of carboxylic acid groups (broad SMARTS) is 1. The Morgan fingerprint density at radius 2 is 1.19 bits per heavy atom. The lowest BCUT2D eigenvalue weighted by molar-refractivity contribution is -0.140.